The summed E-state index contributed by atoms with van der Waals surface area (Å²) in [5.41, 5.74) is -0.504. The zero-order valence-electron chi connectivity index (χ0n) is 9.16. The highest BCUT2D eigenvalue weighted by Crippen LogP contribution is 2.07. The van der Waals surface area contributed by atoms with Gasteiger partial charge in [0.25, 0.3) is 0 Å². The number of rotatable bonds is 6. The molecule has 0 aromatic carbocycles. The summed E-state index contributed by atoms with van der Waals surface area (Å²) < 4.78 is 0. The molecule has 0 spiro atoms. The molecule has 0 saturated heterocycles. The third-order valence-corrected chi connectivity index (χ3v) is 1.17. The van der Waals surface area contributed by atoms with Gasteiger partial charge in [0.15, 0.2) is 0 Å². The molecule has 0 amide bonds. The van der Waals surface area contributed by atoms with Crippen molar-refractivity contribution in [3.05, 3.63) is 0 Å². The molecule has 0 unspecified atom stereocenters. The first kappa shape index (κ1) is 13.4. The van der Waals surface area contributed by atoms with Gasteiger partial charge in [-0.2, -0.15) is 4.89 Å². The van der Waals surface area contributed by atoms with Gasteiger partial charge in [0.05, 0.1) is 5.60 Å². The summed E-state index contributed by atoms with van der Waals surface area (Å²) in [6.07, 6.45) is 2.01. The van der Waals surface area contributed by atoms with Crippen molar-refractivity contribution in [1.29, 1.82) is 0 Å². The molecule has 0 bridgehead atoms. The molecule has 5 heteroatoms. The fourth-order valence-electron chi connectivity index (χ4n) is 0.531. The van der Waals surface area contributed by atoms with Gasteiger partial charge in [-0.15, -0.1) is 0 Å². The molecule has 0 N–H and O–H groups in total. The molecule has 0 aromatic rings. The first-order valence-electron chi connectivity index (χ1n) is 4.67. The molecule has 0 radical (unpaired) electrons. The quantitative estimate of drug-likeness (QED) is 0.379. The summed E-state index contributed by atoms with van der Waals surface area (Å²) in [4.78, 5) is 19.8. The summed E-state index contributed by atoms with van der Waals surface area (Å²) in [6.45, 7) is 7.30. The minimum atomic E-state index is -0.504. The van der Waals surface area contributed by atoms with Crippen molar-refractivity contribution < 1.29 is 24.6 Å². The van der Waals surface area contributed by atoms with Gasteiger partial charge >= 0.3 is 5.97 Å². The van der Waals surface area contributed by atoms with E-state index in [2.05, 4.69) is 19.9 Å². The van der Waals surface area contributed by atoms with Crippen LogP contribution in [0.15, 0.2) is 0 Å². The Morgan fingerprint density at radius 1 is 1.21 bits per heavy atom. The molecule has 0 atom stereocenters. The Balaban J connectivity index is 3.32. The molecule has 0 aliphatic rings. The Labute approximate surface area is 84.1 Å². The predicted molar refractivity (Wildman–Crippen MR) is 48.6 cm³/mol. The van der Waals surface area contributed by atoms with Crippen LogP contribution in [0.5, 0.6) is 0 Å². The summed E-state index contributed by atoms with van der Waals surface area (Å²) >= 11 is 0. The van der Waals surface area contributed by atoms with Crippen molar-refractivity contribution in [2.75, 3.05) is 0 Å². The van der Waals surface area contributed by atoms with Gasteiger partial charge in [-0.3, -0.25) is 4.89 Å². The fraction of sp³-hybridized carbons (Fsp3) is 0.889. The number of hydrogen-bond donors (Lipinski definition) is 0. The highest BCUT2D eigenvalue weighted by atomic mass is 17.7. The topological polar surface area (TPSA) is 54.0 Å². The maximum absolute atomic E-state index is 10.8. The van der Waals surface area contributed by atoms with Gasteiger partial charge in [0, 0.05) is 11.5 Å². The molecular weight excluding hydrogens is 188 g/mol. The van der Waals surface area contributed by atoms with E-state index in [1.54, 1.807) is 20.8 Å². The summed E-state index contributed by atoms with van der Waals surface area (Å²) in [5.74, 6) is -0.468. The van der Waals surface area contributed by atoms with E-state index in [1.807, 2.05) is 6.92 Å². The second kappa shape index (κ2) is 6.75. The molecule has 14 heavy (non-hydrogen) atoms. The highest BCUT2D eigenvalue weighted by Gasteiger charge is 2.13. The van der Waals surface area contributed by atoms with E-state index in [0.717, 1.165) is 12.8 Å². The van der Waals surface area contributed by atoms with Crippen molar-refractivity contribution in [3.8, 4) is 0 Å². The van der Waals surface area contributed by atoms with Gasteiger partial charge in [0.1, 0.15) is 0 Å². The number of unbranched alkanes of at least 4 members (excludes halogenated alkanes) is 1. The van der Waals surface area contributed by atoms with E-state index in [4.69, 9.17) is 0 Å². The van der Waals surface area contributed by atoms with Gasteiger partial charge in [0.2, 0.25) is 0 Å². The average Bonchev–Trinajstić information content (AvgIpc) is 2.07. The second-order valence-electron chi connectivity index (χ2n) is 3.89. The van der Waals surface area contributed by atoms with Crippen LogP contribution in [-0.4, -0.2) is 11.6 Å². The summed E-state index contributed by atoms with van der Waals surface area (Å²) in [6, 6.07) is 0. The van der Waals surface area contributed by atoms with Crippen LogP contribution in [-0.2, 0) is 24.6 Å². The van der Waals surface area contributed by atoms with Crippen LogP contribution in [0.25, 0.3) is 0 Å². The lowest BCUT2D eigenvalue weighted by Crippen LogP contribution is -2.20. The van der Waals surface area contributed by atoms with Crippen LogP contribution < -0.4 is 0 Å². The fourth-order valence-corrected chi connectivity index (χ4v) is 0.531. The molecule has 0 heterocycles. The monoisotopic (exact) mass is 206 g/mol. The van der Waals surface area contributed by atoms with Crippen molar-refractivity contribution in [2.45, 2.75) is 52.6 Å². The third-order valence-electron chi connectivity index (χ3n) is 1.17. The van der Waals surface area contributed by atoms with E-state index in [1.165, 1.54) is 0 Å². The Kier molecular flexibility index (Phi) is 6.44. The zero-order valence-corrected chi connectivity index (χ0v) is 9.16. The maximum Gasteiger partial charge on any atom is 0.345 e. The normalized spacial score (nSPS) is 11.4. The second-order valence-corrected chi connectivity index (χ2v) is 3.89. The van der Waals surface area contributed by atoms with Crippen LogP contribution in [0, 0.1) is 0 Å². The molecule has 0 aliphatic carbocycles. The van der Waals surface area contributed by atoms with E-state index in [9.17, 15) is 4.79 Å². The molecule has 84 valence electrons. The van der Waals surface area contributed by atoms with Gasteiger partial charge in [-0.05, 0) is 32.2 Å². The van der Waals surface area contributed by atoms with Crippen LogP contribution in [0.4, 0.5) is 0 Å². The minimum absolute atomic E-state index is 0.315. The Bertz CT molecular complexity index is 161. The molecule has 0 aliphatic heterocycles. The molecule has 0 fully saturated rings. The Hall–Kier alpha value is -0.650. The highest BCUT2D eigenvalue weighted by molar-refractivity contribution is 5.68. The minimum Gasteiger partial charge on any atom is -0.267 e. The van der Waals surface area contributed by atoms with Crippen molar-refractivity contribution in [2.24, 2.45) is 0 Å². The Morgan fingerprint density at radius 3 is 2.36 bits per heavy atom. The van der Waals surface area contributed by atoms with Crippen molar-refractivity contribution >= 4 is 5.97 Å². The standard InChI is InChI=1S/C9H18O5/c1-5-6-7-8(10)11-13-14-12-9(2,3)4/h5-7H2,1-4H3. The molecule has 5 nitrogen and oxygen atoms in total. The number of hydrogen-bond acceptors (Lipinski definition) is 5. The van der Waals surface area contributed by atoms with Crippen molar-refractivity contribution in [1.82, 2.24) is 0 Å². The Morgan fingerprint density at radius 2 is 1.86 bits per heavy atom. The number of carbonyl (C=O) groups excluding carboxylic acids is 1. The average molecular weight is 206 g/mol. The largest absolute Gasteiger partial charge is 0.345 e. The van der Waals surface area contributed by atoms with E-state index in [-0.39, 0.29) is 0 Å². The van der Waals surface area contributed by atoms with Gasteiger partial charge < -0.3 is 0 Å². The number of carbonyl (C=O) groups is 1. The smallest absolute Gasteiger partial charge is 0.267 e. The van der Waals surface area contributed by atoms with E-state index in [0.29, 0.717) is 6.42 Å². The molecular formula is C9H18O5. The predicted octanol–water partition coefficient (Wildman–Crippen LogP) is 2.31. The van der Waals surface area contributed by atoms with Crippen LogP contribution in [0.2, 0.25) is 0 Å². The first-order valence-corrected chi connectivity index (χ1v) is 4.67. The van der Waals surface area contributed by atoms with Crippen LogP contribution in [0.3, 0.4) is 0 Å². The first-order chi connectivity index (χ1) is 6.45. The van der Waals surface area contributed by atoms with Crippen molar-refractivity contribution in [3.63, 3.8) is 0 Å². The van der Waals surface area contributed by atoms with Gasteiger partial charge in [-0.1, -0.05) is 13.3 Å². The molecule has 0 rings (SSSR count). The van der Waals surface area contributed by atoms with E-state index < -0.39 is 11.6 Å². The summed E-state index contributed by atoms with van der Waals surface area (Å²) in [5, 5.41) is 8.30. The maximum atomic E-state index is 10.8. The molecule has 0 saturated carbocycles. The third kappa shape index (κ3) is 9.44. The molecule has 0 aromatic heterocycles. The summed E-state index contributed by atoms with van der Waals surface area (Å²) in [7, 11) is 0. The van der Waals surface area contributed by atoms with Gasteiger partial charge in [-0.25, -0.2) is 4.79 Å². The van der Waals surface area contributed by atoms with E-state index >= 15 is 0 Å². The lowest BCUT2D eigenvalue weighted by atomic mass is 10.2. The van der Waals surface area contributed by atoms with Crippen LogP contribution in [0.1, 0.15) is 47.0 Å². The lowest BCUT2D eigenvalue weighted by molar-refractivity contribution is -0.633. The SMILES string of the molecule is CCCCC(=O)OOOOC(C)(C)C. The van der Waals surface area contributed by atoms with Crippen LogP contribution >= 0.6 is 0 Å². The lowest BCUT2D eigenvalue weighted by Gasteiger charge is -2.14. The zero-order chi connectivity index (χ0) is 11.0.